The second-order valence-electron chi connectivity index (χ2n) is 6.90. The van der Waals surface area contributed by atoms with Crippen molar-refractivity contribution in [3.63, 3.8) is 0 Å². The molecular formula is C18H28N2O3S. The lowest BCUT2D eigenvalue weighted by molar-refractivity contribution is -0.126. The second-order valence-corrected chi connectivity index (χ2v) is 8.65. The van der Waals surface area contributed by atoms with Crippen LogP contribution in [0.2, 0.25) is 0 Å². The normalized spacial score (nSPS) is 16.3. The van der Waals surface area contributed by atoms with Gasteiger partial charge in [-0.3, -0.25) is 4.79 Å². The highest BCUT2D eigenvalue weighted by Gasteiger charge is 2.20. The molecule has 0 unspecified atom stereocenters. The molecule has 0 aromatic heterocycles. The van der Waals surface area contributed by atoms with Crippen LogP contribution in [0.3, 0.4) is 0 Å². The first-order chi connectivity index (χ1) is 11.4. The summed E-state index contributed by atoms with van der Waals surface area (Å²) in [6.45, 7) is 4.10. The average molecular weight is 353 g/mol. The second kappa shape index (κ2) is 8.62. The van der Waals surface area contributed by atoms with Gasteiger partial charge in [0.2, 0.25) is 15.9 Å². The van der Waals surface area contributed by atoms with E-state index in [-0.39, 0.29) is 23.6 Å². The van der Waals surface area contributed by atoms with Crippen LogP contribution in [0.1, 0.15) is 57.1 Å². The van der Waals surface area contributed by atoms with Gasteiger partial charge < -0.3 is 5.32 Å². The zero-order valence-electron chi connectivity index (χ0n) is 14.5. The fraction of sp³-hybridized carbons (Fsp3) is 0.611. The number of hydrogen-bond acceptors (Lipinski definition) is 3. The molecule has 2 N–H and O–H groups in total. The highest BCUT2D eigenvalue weighted by molar-refractivity contribution is 7.88. The molecule has 1 aromatic rings. The summed E-state index contributed by atoms with van der Waals surface area (Å²) in [4.78, 5) is 12.1. The molecule has 5 nitrogen and oxygen atoms in total. The van der Waals surface area contributed by atoms with E-state index in [1.54, 1.807) is 13.8 Å². The zero-order valence-corrected chi connectivity index (χ0v) is 15.4. The van der Waals surface area contributed by atoms with Crippen molar-refractivity contribution in [2.24, 2.45) is 5.92 Å². The largest absolute Gasteiger partial charge is 0.352 e. The Labute approximate surface area is 145 Å². The molecule has 0 bridgehead atoms. The maximum atomic E-state index is 12.1. The van der Waals surface area contributed by atoms with Gasteiger partial charge in [-0.25, -0.2) is 13.1 Å². The minimum atomic E-state index is -3.31. The number of sulfonamides is 1. The lowest BCUT2D eigenvalue weighted by Gasteiger charge is -2.20. The lowest BCUT2D eigenvalue weighted by Crippen LogP contribution is -2.31. The maximum Gasteiger partial charge on any atom is 0.223 e. The molecule has 0 saturated heterocycles. The molecule has 1 aliphatic carbocycles. The van der Waals surface area contributed by atoms with Crippen LogP contribution < -0.4 is 10.0 Å². The Morgan fingerprint density at radius 1 is 1.08 bits per heavy atom. The summed E-state index contributed by atoms with van der Waals surface area (Å²) in [5, 5.41) is 2.99. The minimum Gasteiger partial charge on any atom is -0.352 e. The smallest absolute Gasteiger partial charge is 0.223 e. The highest BCUT2D eigenvalue weighted by atomic mass is 32.2. The van der Waals surface area contributed by atoms with E-state index in [9.17, 15) is 13.2 Å². The number of carbonyl (C=O) groups is 1. The van der Waals surface area contributed by atoms with Gasteiger partial charge in [-0.2, -0.15) is 0 Å². The van der Waals surface area contributed by atoms with Gasteiger partial charge in [-0.1, -0.05) is 43.5 Å². The molecule has 6 heteroatoms. The fourth-order valence-corrected chi connectivity index (χ4v) is 4.50. The summed E-state index contributed by atoms with van der Waals surface area (Å²) in [6, 6.07) is 7.26. The minimum absolute atomic E-state index is 0.0279. The number of nitrogens with one attached hydrogen (secondary N) is 2. The average Bonchev–Trinajstić information content (AvgIpc) is 2.53. The molecule has 1 saturated carbocycles. The number of carbonyl (C=O) groups excluding carboxylic acids is 1. The topological polar surface area (TPSA) is 75.3 Å². The van der Waals surface area contributed by atoms with Crippen LogP contribution in [-0.4, -0.2) is 20.4 Å². The van der Waals surface area contributed by atoms with Crippen molar-refractivity contribution in [1.82, 2.24) is 10.0 Å². The summed E-state index contributed by atoms with van der Waals surface area (Å²) in [6.07, 6.45) is 5.51. The van der Waals surface area contributed by atoms with Gasteiger partial charge in [0.05, 0.1) is 5.75 Å². The standard InChI is InChI=1S/C18H28N2O3S/c1-14(2)20-24(22,23)13-16-10-8-15(9-11-16)12-19-18(21)17-6-4-3-5-7-17/h8-11,14,17,20H,3-7,12-13H2,1-2H3,(H,19,21). The molecule has 2 rings (SSSR count). The van der Waals surface area contributed by atoms with Gasteiger partial charge in [0.15, 0.2) is 0 Å². The number of hydrogen-bond donors (Lipinski definition) is 2. The quantitative estimate of drug-likeness (QED) is 0.792. The first kappa shape index (κ1) is 18.9. The highest BCUT2D eigenvalue weighted by Crippen LogP contribution is 2.23. The fourth-order valence-electron chi connectivity index (χ4n) is 3.07. The van der Waals surface area contributed by atoms with Crippen LogP contribution in [0.15, 0.2) is 24.3 Å². The number of benzene rings is 1. The summed E-state index contributed by atoms with van der Waals surface area (Å²) in [5.74, 6) is 0.271. The van der Waals surface area contributed by atoms with Gasteiger partial charge >= 0.3 is 0 Å². The lowest BCUT2D eigenvalue weighted by atomic mass is 9.88. The van der Waals surface area contributed by atoms with E-state index >= 15 is 0 Å². The van der Waals surface area contributed by atoms with Crippen LogP contribution in [-0.2, 0) is 27.1 Å². The van der Waals surface area contributed by atoms with Gasteiger partial charge in [0, 0.05) is 18.5 Å². The Morgan fingerprint density at radius 3 is 2.25 bits per heavy atom. The molecule has 24 heavy (non-hydrogen) atoms. The SMILES string of the molecule is CC(C)NS(=O)(=O)Cc1ccc(CNC(=O)C2CCCCC2)cc1. The summed E-state index contributed by atoms with van der Waals surface area (Å²) in [5.41, 5.74) is 1.72. The number of amides is 1. The molecule has 1 aromatic carbocycles. The Bertz CT molecular complexity index is 633. The number of rotatable bonds is 7. The van der Waals surface area contributed by atoms with Gasteiger partial charge in [0.25, 0.3) is 0 Å². The Hall–Kier alpha value is -1.40. The van der Waals surface area contributed by atoms with Crippen molar-refractivity contribution in [3.05, 3.63) is 35.4 Å². The molecule has 1 fully saturated rings. The molecule has 0 radical (unpaired) electrons. The molecule has 134 valence electrons. The Morgan fingerprint density at radius 2 is 1.67 bits per heavy atom. The van der Waals surface area contributed by atoms with Crippen molar-refractivity contribution < 1.29 is 13.2 Å². The van der Waals surface area contributed by atoms with Crippen LogP contribution in [0.4, 0.5) is 0 Å². The Kier molecular flexibility index (Phi) is 6.80. The monoisotopic (exact) mass is 352 g/mol. The van der Waals surface area contributed by atoms with E-state index in [4.69, 9.17) is 0 Å². The van der Waals surface area contributed by atoms with Crippen LogP contribution in [0.5, 0.6) is 0 Å². The molecule has 0 spiro atoms. The molecule has 0 heterocycles. The van der Waals surface area contributed by atoms with Gasteiger partial charge in [-0.05, 0) is 37.8 Å². The zero-order chi connectivity index (χ0) is 17.6. The third-order valence-corrected chi connectivity index (χ3v) is 5.78. The van der Waals surface area contributed by atoms with E-state index in [0.29, 0.717) is 6.54 Å². The van der Waals surface area contributed by atoms with Crippen molar-refractivity contribution in [1.29, 1.82) is 0 Å². The van der Waals surface area contributed by atoms with E-state index in [2.05, 4.69) is 10.0 Å². The van der Waals surface area contributed by atoms with E-state index in [1.807, 2.05) is 24.3 Å². The molecular weight excluding hydrogens is 324 g/mol. The first-order valence-electron chi connectivity index (χ1n) is 8.71. The summed E-state index contributed by atoms with van der Waals surface area (Å²) in [7, 11) is -3.31. The first-order valence-corrected chi connectivity index (χ1v) is 10.4. The van der Waals surface area contributed by atoms with E-state index in [1.165, 1.54) is 6.42 Å². The van der Waals surface area contributed by atoms with E-state index < -0.39 is 10.0 Å². The van der Waals surface area contributed by atoms with Crippen molar-refractivity contribution >= 4 is 15.9 Å². The molecule has 1 aliphatic rings. The molecule has 0 atom stereocenters. The van der Waals surface area contributed by atoms with E-state index in [0.717, 1.165) is 36.8 Å². The molecule has 1 amide bonds. The van der Waals surface area contributed by atoms with Crippen molar-refractivity contribution in [2.45, 2.75) is 64.3 Å². The predicted molar refractivity (Wildman–Crippen MR) is 95.8 cm³/mol. The third-order valence-electron chi connectivity index (χ3n) is 4.24. The third kappa shape index (κ3) is 6.24. The van der Waals surface area contributed by atoms with Crippen LogP contribution >= 0.6 is 0 Å². The molecule has 0 aliphatic heterocycles. The van der Waals surface area contributed by atoms with Crippen LogP contribution in [0, 0.1) is 5.92 Å². The van der Waals surface area contributed by atoms with Crippen molar-refractivity contribution in [3.8, 4) is 0 Å². The van der Waals surface area contributed by atoms with Crippen molar-refractivity contribution in [2.75, 3.05) is 0 Å². The van der Waals surface area contributed by atoms with Gasteiger partial charge in [0.1, 0.15) is 0 Å². The maximum absolute atomic E-state index is 12.1. The van der Waals surface area contributed by atoms with Gasteiger partial charge in [-0.15, -0.1) is 0 Å². The van der Waals surface area contributed by atoms with Crippen LogP contribution in [0.25, 0.3) is 0 Å². The summed E-state index contributed by atoms with van der Waals surface area (Å²) < 4.78 is 26.4. The Balaban J connectivity index is 1.84. The summed E-state index contributed by atoms with van der Waals surface area (Å²) >= 11 is 0. The predicted octanol–water partition coefficient (Wildman–Crippen LogP) is 2.71.